The van der Waals surface area contributed by atoms with Crippen LogP contribution >= 0.6 is 0 Å². The molecule has 0 bridgehead atoms. The van der Waals surface area contributed by atoms with Gasteiger partial charge in [0.15, 0.2) is 0 Å². The molecule has 2 N–H and O–H groups in total. The molecule has 20 heavy (non-hydrogen) atoms. The van der Waals surface area contributed by atoms with E-state index in [-0.39, 0.29) is 0 Å². The molecule has 0 heterocycles. The zero-order chi connectivity index (χ0) is 15.4. The zero-order valence-electron chi connectivity index (χ0n) is 12.0. The van der Waals surface area contributed by atoms with Crippen molar-refractivity contribution in [1.29, 1.82) is 0 Å². The highest BCUT2D eigenvalue weighted by Crippen LogP contribution is 2.12. The van der Waals surface area contributed by atoms with Crippen LogP contribution in [0.1, 0.15) is 39.3 Å². The molecule has 1 rings (SSSR count). The first-order valence-corrected chi connectivity index (χ1v) is 7.65. The van der Waals surface area contributed by atoms with Crippen molar-refractivity contribution in [2.75, 3.05) is 0 Å². The van der Waals surface area contributed by atoms with E-state index in [2.05, 4.69) is 4.72 Å². The Morgan fingerprint density at radius 3 is 2.25 bits per heavy atom. The molecule has 0 spiro atoms. The molecule has 1 amide bonds. The van der Waals surface area contributed by atoms with Crippen LogP contribution in [0.4, 0.5) is 4.79 Å². The van der Waals surface area contributed by atoms with Crippen LogP contribution in [0.3, 0.4) is 0 Å². The molecule has 1 aromatic rings. The van der Waals surface area contributed by atoms with Gasteiger partial charge >= 0.3 is 16.3 Å². The first-order valence-electron chi connectivity index (χ1n) is 6.17. The predicted molar refractivity (Wildman–Crippen MR) is 76.3 cm³/mol. The SMILES string of the molecule is C[C@H](NS(=O)(=O)NC(=O)OC(C)(C)C)c1ccccc1. The molecule has 0 saturated heterocycles. The summed E-state index contributed by atoms with van der Waals surface area (Å²) >= 11 is 0. The average molecular weight is 300 g/mol. The Hall–Kier alpha value is -1.60. The van der Waals surface area contributed by atoms with Gasteiger partial charge in [-0.2, -0.15) is 13.1 Å². The highest BCUT2D eigenvalue weighted by atomic mass is 32.2. The highest BCUT2D eigenvalue weighted by Gasteiger charge is 2.22. The molecule has 7 heteroatoms. The largest absolute Gasteiger partial charge is 0.443 e. The number of rotatable bonds is 4. The summed E-state index contributed by atoms with van der Waals surface area (Å²) in [6.07, 6.45) is -1.01. The minimum atomic E-state index is -3.98. The van der Waals surface area contributed by atoms with Crippen LogP contribution in [0.25, 0.3) is 0 Å². The normalized spacial score (nSPS) is 13.6. The number of benzene rings is 1. The molecule has 0 saturated carbocycles. The fourth-order valence-electron chi connectivity index (χ4n) is 1.48. The first kappa shape index (κ1) is 16.5. The number of nitrogens with one attached hydrogen (secondary N) is 2. The van der Waals surface area contributed by atoms with Crippen LogP contribution in [-0.4, -0.2) is 20.1 Å². The van der Waals surface area contributed by atoms with E-state index in [1.165, 1.54) is 0 Å². The maximum Gasteiger partial charge on any atom is 0.422 e. The summed E-state index contributed by atoms with van der Waals surface area (Å²) in [5, 5.41) is 0. The van der Waals surface area contributed by atoms with Gasteiger partial charge in [-0.05, 0) is 33.3 Å². The molecular formula is C13H20N2O4S. The van der Waals surface area contributed by atoms with Gasteiger partial charge in [-0.1, -0.05) is 30.3 Å². The molecule has 0 aliphatic rings. The van der Waals surface area contributed by atoms with Gasteiger partial charge in [-0.25, -0.2) is 9.52 Å². The number of hydrogen-bond acceptors (Lipinski definition) is 4. The lowest BCUT2D eigenvalue weighted by molar-refractivity contribution is 0.0569. The molecule has 6 nitrogen and oxygen atoms in total. The highest BCUT2D eigenvalue weighted by molar-refractivity contribution is 7.88. The Labute approximate surface area is 119 Å². The van der Waals surface area contributed by atoms with Crippen molar-refractivity contribution in [3.8, 4) is 0 Å². The summed E-state index contributed by atoms with van der Waals surface area (Å²) in [6, 6.07) is 8.57. The van der Waals surface area contributed by atoms with Crippen molar-refractivity contribution in [1.82, 2.24) is 9.44 Å². The van der Waals surface area contributed by atoms with E-state index >= 15 is 0 Å². The molecule has 0 radical (unpaired) electrons. The Kier molecular flexibility index (Phi) is 5.13. The van der Waals surface area contributed by atoms with Crippen LogP contribution in [0.5, 0.6) is 0 Å². The smallest absolute Gasteiger partial charge is 0.422 e. The minimum absolute atomic E-state index is 0.462. The van der Waals surface area contributed by atoms with Gasteiger partial charge < -0.3 is 4.74 Å². The predicted octanol–water partition coefficient (Wildman–Crippen LogP) is 2.11. The van der Waals surface area contributed by atoms with Gasteiger partial charge in [0.25, 0.3) is 0 Å². The van der Waals surface area contributed by atoms with Gasteiger partial charge in [0.05, 0.1) is 0 Å². The third-order valence-electron chi connectivity index (χ3n) is 2.25. The van der Waals surface area contributed by atoms with Gasteiger partial charge in [-0.15, -0.1) is 0 Å². The molecule has 1 aromatic carbocycles. The van der Waals surface area contributed by atoms with Crippen molar-refractivity contribution in [3.63, 3.8) is 0 Å². The molecule has 0 aromatic heterocycles. The molecule has 1 atom stereocenters. The fourth-order valence-corrected chi connectivity index (χ4v) is 2.40. The number of carbonyl (C=O) groups excluding carboxylic acids is 1. The maximum atomic E-state index is 11.8. The van der Waals surface area contributed by atoms with Crippen molar-refractivity contribution in [2.45, 2.75) is 39.3 Å². The second-order valence-corrected chi connectivity index (χ2v) is 6.80. The minimum Gasteiger partial charge on any atom is -0.443 e. The zero-order valence-corrected chi connectivity index (χ0v) is 12.8. The summed E-state index contributed by atoms with van der Waals surface area (Å²) in [7, 11) is -3.98. The van der Waals surface area contributed by atoms with Gasteiger partial charge in [0.1, 0.15) is 5.60 Å². The average Bonchev–Trinajstić information content (AvgIpc) is 2.25. The molecule has 0 fully saturated rings. The van der Waals surface area contributed by atoms with Crippen molar-refractivity contribution < 1.29 is 17.9 Å². The molecule has 112 valence electrons. The number of amides is 1. The number of hydrogen-bond donors (Lipinski definition) is 2. The molecule has 0 aliphatic carbocycles. The van der Waals surface area contributed by atoms with E-state index < -0.39 is 27.9 Å². The van der Waals surface area contributed by atoms with Crippen molar-refractivity contribution in [3.05, 3.63) is 35.9 Å². The Morgan fingerprint density at radius 1 is 1.20 bits per heavy atom. The van der Waals surface area contributed by atoms with E-state index in [1.807, 2.05) is 10.8 Å². The Bertz CT molecular complexity index is 549. The van der Waals surface area contributed by atoms with Crippen LogP contribution in [-0.2, 0) is 14.9 Å². The topological polar surface area (TPSA) is 84.5 Å². The van der Waals surface area contributed by atoms with Crippen molar-refractivity contribution in [2.24, 2.45) is 0 Å². The molecule has 0 unspecified atom stereocenters. The summed E-state index contributed by atoms with van der Waals surface area (Å²) in [4.78, 5) is 11.4. The number of carbonyl (C=O) groups is 1. The van der Waals surface area contributed by atoms with Gasteiger partial charge in [0.2, 0.25) is 0 Å². The summed E-state index contributed by atoms with van der Waals surface area (Å²) in [5.74, 6) is 0. The Morgan fingerprint density at radius 2 is 1.75 bits per heavy atom. The van der Waals surface area contributed by atoms with E-state index in [9.17, 15) is 13.2 Å². The first-order chi connectivity index (χ1) is 9.09. The van der Waals surface area contributed by atoms with E-state index in [0.29, 0.717) is 0 Å². The van der Waals surface area contributed by atoms with Gasteiger partial charge in [0, 0.05) is 6.04 Å². The summed E-state index contributed by atoms with van der Waals surface area (Å²) < 4.78 is 32.6. The van der Waals surface area contributed by atoms with Crippen LogP contribution in [0, 0.1) is 0 Å². The lowest BCUT2D eigenvalue weighted by atomic mass is 10.1. The summed E-state index contributed by atoms with van der Waals surface area (Å²) in [5.41, 5.74) is 0.0343. The molecule has 0 aliphatic heterocycles. The third kappa shape index (κ3) is 6.03. The van der Waals surface area contributed by atoms with Crippen molar-refractivity contribution >= 4 is 16.3 Å². The fraction of sp³-hybridized carbons (Fsp3) is 0.462. The Balaban J connectivity index is 2.64. The summed E-state index contributed by atoms with van der Waals surface area (Å²) in [6.45, 7) is 6.64. The maximum absolute atomic E-state index is 11.8. The monoisotopic (exact) mass is 300 g/mol. The third-order valence-corrected chi connectivity index (χ3v) is 3.35. The lowest BCUT2D eigenvalue weighted by Gasteiger charge is -2.20. The molecular weight excluding hydrogens is 280 g/mol. The number of ether oxygens (including phenoxy) is 1. The second-order valence-electron chi connectivity index (χ2n) is 5.36. The quantitative estimate of drug-likeness (QED) is 0.892. The van der Waals surface area contributed by atoms with E-state index in [4.69, 9.17) is 4.74 Å². The van der Waals surface area contributed by atoms with E-state index in [1.54, 1.807) is 52.0 Å². The second kappa shape index (κ2) is 6.23. The van der Waals surface area contributed by atoms with Crippen LogP contribution < -0.4 is 9.44 Å². The van der Waals surface area contributed by atoms with Gasteiger partial charge in [-0.3, -0.25) is 0 Å². The lowest BCUT2D eigenvalue weighted by Crippen LogP contribution is -2.43. The standard InChI is InChI=1S/C13H20N2O4S/c1-10(11-8-6-5-7-9-11)14-20(17,18)15-12(16)19-13(2,3)4/h5-10,14H,1-4H3,(H,15,16)/t10-/m0/s1. The van der Waals surface area contributed by atoms with Crippen LogP contribution in [0.15, 0.2) is 30.3 Å². The van der Waals surface area contributed by atoms with E-state index in [0.717, 1.165) is 5.56 Å². The van der Waals surface area contributed by atoms with Crippen LogP contribution in [0.2, 0.25) is 0 Å².